The fourth-order valence-corrected chi connectivity index (χ4v) is 3.92. The normalized spacial score (nSPS) is 16.8. The molecule has 1 N–H and O–H groups in total. The van der Waals surface area contributed by atoms with Crippen LogP contribution in [0.25, 0.3) is 10.9 Å². The molecule has 9 nitrogen and oxygen atoms in total. The fourth-order valence-electron chi connectivity index (χ4n) is 3.92. The SMILES string of the molecule is C[C@@H](Cc1c[nH]c2ccc(Oc3ccc([N+](=O)[O-])cn3)cc12)C(=O)N1CCC[C@H]1C#N. The maximum atomic E-state index is 12.8. The third kappa shape index (κ3) is 4.19. The summed E-state index contributed by atoms with van der Waals surface area (Å²) in [7, 11) is 0. The number of H-pyrrole nitrogens is 1. The molecule has 9 heteroatoms. The minimum absolute atomic E-state index is 0.000819. The van der Waals surface area contributed by atoms with Crippen LogP contribution in [0, 0.1) is 27.4 Å². The van der Waals surface area contributed by atoms with E-state index >= 15 is 0 Å². The fraction of sp³-hybridized carbons (Fsp3) is 0.318. The first-order valence-electron chi connectivity index (χ1n) is 10.0. The van der Waals surface area contributed by atoms with Crippen LogP contribution in [-0.2, 0) is 11.2 Å². The average Bonchev–Trinajstić information content (AvgIpc) is 3.40. The third-order valence-corrected chi connectivity index (χ3v) is 5.53. The van der Waals surface area contributed by atoms with Crippen LogP contribution in [0.2, 0.25) is 0 Å². The molecule has 2 aromatic heterocycles. The van der Waals surface area contributed by atoms with Crippen molar-refractivity contribution in [3.63, 3.8) is 0 Å². The van der Waals surface area contributed by atoms with Crippen molar-refractivity contribution < 1.29 is 14.5 Å². The molecule has 31 heavy (non-hydrogen) atoms. The number of likely N-dealkylation sites (tertiary alicyclic amines) is 1. The minimum atomic E-state index is -0.516. The van der Waals surface area contributed by atoms with Crippen LogP contribution in [0.15, 0.2) is 42.7 Å². The number of hydrogen-bond donors (Lipinski definition) is 1. The number of nitro groups is 1. The van der Waals surface area contributed by atoms with E-state index in [0.29, 0.717) is 18.7 Å². The number of carbonyl (C=O) groups excluding carboxylic acids is 1. The van der Waals surface area contributed by atoms with Gasteiger partial charge < -0.3 is 14.6 Å². The molecule has 0 radical (unpaired) electrons. The second-order valence-electron chi connectivity index (χ2n) is 7.66. The summed E-state index contributed by atoms with van der Waals surface area (Å²) in [4.78, 5) is 32.0. The number of nitrogens with zero attached hydrogens (tertiary/aromatic N) is 4. The van der Waals surface area contributed by atoms with Gasteiger partial charge in [0.2, 0.25) is 11.8 Å². The molecule has 4 rings (SSSR count). The zero-order chi connectivity index (χ0) is 22.0. The first-order valence-corrected chi connectivity index (χ1v) is 10.0. The molecule has 0 unspecified atom stereocenters. The third-order valence-electron chi connectivity index (χ3n) is 5.53. The Labute approximate surface area is 178 Å². The van der Waals surface area contributed by atoms with Crippen LogP contribution in [0.1, 0.15) is 25.3 Å². The second kappa shape index (κ2) is 8.44. The minimum Gasteiger partial charge on any atom is -0.439 e. The van der Waals surface area contributed by atoms with Gasteiger partial charge in [0.25, 0.3) is 5.69 Å². The number of rotatable bonds is 6. The molecule has 2 atom stereocenters. The molecule has 1 aliphatic heterocycles. The van der Waals surface area contributed by atoms with Gasteiger partial charge in [-0.15, -0.1) is 0 Å². The van der Waals surface area contributed by atoms with Crippen molar-refractivity contribution >= 4 is 22.5 Å². The van der Waals surface area contributed by atoms with E-state index in [1.807, 2.05) is 25.3 Å². The largest absolute Gasteiger partial charge is 0.439 e. The molecule has 0 aliphatic carbocycles. The first-order chi connectivity index (χ1) is 15.0. The molecule has 0 bridgehead atoms. The number of pyridine rings is 1. The van der Waals surface area contributed by atoms with Crippen molar-refractivity contribution in [2.45, 2.75) is 32.2 Å². The van der Waals surface area contributed by atoms with Crippen LogP contribution >= 0.6 is 0 Å². The maximum Gasteiger partial charge on any atom is 0.287 e. The van der Waals surface area contributed by atoms with E-state index < -0.39 is 4.92 Å². The Balaban J connectivity index is 1.51. The summed E-state index contributed by atoms with van der Waals surface area (Å²) in [6.07, 6.45) is 5.16. The number of aromatic amines is 1. The zero-order valence-electron chi connectivity index (χ0n) is 16.9. The lowest BCUT2D eigenvalue weighted by Gasteiger charge is -2.23. The van der Waals surface area contributed by atoms with Crippen molar-refractivity contribution in [2.75, 3.05) is 6.54 Å². The number of ether oxygens (including phenoxy) is 1. The molecule has 3 aromatic rings. The number of nitrogens with one attached hydrogen (secondary N) is 1. The Hall–Kier alpha value is -3.93. The highest BCUT2D eigenvalue weighted by Gasteiger charge is 2.31. The van der Waals surface area contributed by atoms with Gasteiger partial charge in [-0.05, 0) is 43.0 Å². The number of nitriles is 1. The van der Waals surface area contributed by atoms with Gasteiger partial charge in [-0.2, -0.15) is 5.26 Å². The van der Waals surface area contributed by atoms with E-state index in [1.54, 1.807) is 11.0 Å². The molecule has 1 saturated heterocycles. The quantitative estimate of drug-likeness (QED) is 0.476. The summed E-state index contributed by atoms with van der Waals surface area (Å²) in [6, 6.07) is 10.2. The van der Waals surface area contributed by atoms with Crippen molar-refractivity contribution in [3.8, 4) is 17.7 Å². The average molecular weight is 419 g/mol. The Morgan fingerprint density at radius 2 is 2.29 bits per heavy atom. The van der Waals surface area contributed by atoms with E-state index in [1.165, 1.54) is 12.1 Å². The number of fused-ring (bicyclic) bond motifs is 1. The predicted molar refractivity (Wildman–Crippen MR) is 112 cm³/mol. The molecular weight excluding hydrogens is 398 g/mol. The lowest BCUT2D eigenvalue weighted by molar-refractivity contribution is -0.385. The van der Waals surface area contributed by atoms with Gasteiger partial charge in [-0.1, -0.05) is 6.92 Å². The molecule has 1 aromatic carbocycles. The Kier molecular flexibility index (Phi) is 5.54. The van der Waals surface area contributed by atoms with E-state index in [9.17, 15) is 20.2 Å². The van der Waals surface area contributed by atoms with Gasteiger partial charge in [-0.25, -0.2) is 4.98 Å². The summed E-state index contributed by atoms with van der Waals surface area (Å²) in [6.45, 7) is 2.52. The Bertz CT molecular complexity index is 1160. The number of aromatic nitrogens is 2. The van der Waals surface area contributed by atoms with E-state index in [-0.39, 0.29) is 29.4 Å². The number of hydrogen-bond acceptors (Lipinski definition) is 6. The first kappa shape index (κ1) is 20.3. The van der Waals surface area contributed by atoms with E-state index in [0.717, 1.165) is 35.5 Å². The topological polar surface area (TPSA) is 125 Å². The smallest absolute Gasteiger partial charge is 0.287 e. The summed E-state index contributed by atoms with van der Waals surface area (Å²) in [5.74, 6) is 0.537. The van der Waals surface area contributed by atoms with Gasteiger partial charge in [0, 0.05) is 41.7 Å². The van der Waals surface area contributed by atoms with Crippen LogP contribution < -0.4 is 4.74 Å². The molecular formula is C22H21N5O4. The molecule has 1 fully saturated rings. The highest BCUT2D eigenvalue weighted by Crippen LogP contribution is 2.29. The molecule has 0 spiro atoms. The molecule has 1 aliphatic rings. The Morgan fingerprint density at radius 1 is 1.45 bits per heavy atom. The summed E-state index contributed by atoms with van der Waals surface area (Å²) in [5, 5.41) is 20.9. The van der Waals surface area contributed by atoms with Crippen LogP contribution in [-0.4, -0.2) is 38.3 Å². The maximum absolute atomic E-state index is 12.8. The van der Waals surface area contributed by atoms with Gasteiger partial charge in [0.1, 0.15) is 18.0 Å². The standard InChI is InChI=1S/C22H21N5O4/c1-14(22(28)26-8-2-3-16(26)11-23)9-15-12-24-20-6-5-18(10-19(15)20)31-21-7-4-17(13-25-21)27(29)30/h4-7,10,12-14,16,24H,2-3,8-9H2,1H3/t14-,16-/m0/s1. The van der Waals surface area contributed by atoms with Crippen LogP contribution in [0.5, 0.6) is 11.6 Å². The lowest BCUT2D eigenvalue weighted by atomic mass is 9.99. The number of carbonyl (C=O) groups is 1. The molecule has 158 valence electrons. The second-order valence-corrected chi connectivity index (χ2v) is 7.66. The van der Waals surface area contributed by atoms with E-state index in [2.05, 4.69) is 16.0 Å². The molecule has 0 saturated carbocycles. The van der Waals surface area contributed by atoms with Crippen LogP contribution in [0.3, 0.4) is 0 Å². The summed E-state index contributed by atoms with van der Waals surface area (Å²) < 4.78 is 5.75. The zero-order valence-corrected chi connectivity index (χ0v) is 16.9. The van der Waals surface area contributed by atoms with Crippen molar-refractivity contribution in [1.29, 1.82) is 5.26 Å². The van der Waals surface area contributed by atoms with Crippen molar-refractivity contribution in [2.24, 2.45) is 5.92 Å². The van der Waals surface area contributed by atoms with Crippen molar-refractivity contribution in [3.05, 3.63) is 58.4 Å². The predicted octanol–water partition coefficient (Wildman–Crippen LogP) is 3.96. The summed E-state index contributed by atoms with van der Waals surface area (Å²) in [5.41, 5.74) is 1.78. The summed E-state index contributed by atoms with van der Waals surface area (Å²) >= 11 is 0. The number of benzene rings is 1. The highest BCUT2D eigenvalue weighted by molar-refractivity contribution is 5.86. The Morgan fingerprint density at radius 3 is 3.00 bits per heavy atom. The van der Waals surface area contributed by atoms with Gasteiger partial charge in [-0.3, -0.25) is 14.9 Å². The van der Waals surface area contributed by atoms with E-state index in [4.69, 9.17) is 4.74 Å². The molecule has 3 heterocycles. The van der Waals surface area contributed by atoms with Gasteiger partial charge >= 0.3 is 0 Å². The number of amides is 1. The lowest BCUT2D eigenvalue weighted by Crippen LogP contribution is -2.38. The monoisotopic (exact) mass is 419 g/mol. The van der Waals surface area contributed by atoms with Gasteiger partial charge in [0.15, 0.2) is 0 Å². The van der Waals surface area contributed by atoms with Gasteiger partial charge in [0.05, 0.1) is 11.0 Å². The highest BCUT2D eigenvalue weighted by atomic mass is 16.6. The molecule has 1 amide bonds. The van der Waals surface area contributed by atoms with Crippen molar-refractivity contribution in [1.82, 2.24) is 14.9 Å². The van der Waals surface area contributed by atoms with Crippen LogP contribution in [0.4, 0.5) is 5.69 Å².